The van der Waals surface area contributed by atoms with Crippen molar-refractivity contribution in [3.05, 3.63) is 29.8 Å². The summed E-state index contributed by atoms with van der Waals surface area (Å²) in [6, 6.07) is 8.34. The second kappa shape index (κ2) is 12.4. The molecular weight excluding hydrogens is 427 g/mol. The molecule has 0 atom stereocenters. The minimum absolute atomic E-state index is 0. The molecule has 0 saturated carbocycles. The zero-order valence-corrected chi connectivity index (χ0v) is 17.9. The van der Waals surface area contributed by atoms with Crippen molar-refractivity contribution in [2.75, 3.05) is 39.3 Å². The Hall–Kier alpha value is -1.02. The van der Waals surface area contributed by atoms with E-state index in [0.29, 0.717) is 11.9 Å². The number of nitrogens with two attached hydrogens (primary N) is 1. The fraction of sp³-hybridized carbons (Fsp3) is 0.632. The van der Waals surface area contributed by atoms with Gasteiger partial charge in [-0.2, -0.15) is 0 Å². The summed E-state index contributed by atoms with van der Waals surface area (Å²) in [6.07, 6.45) is 3.58. The monoisotopic (exact) mass is 460 g/mol. The summed E-state index contributed by atoms with van der Waals surface area (Å²) >= 11 is 0. The highest BCUT2D eigenvalue weighted by atomic mass is 127. The molecule has 0 spiro atoms. The summed E-state index contributed by atoms with van der Waals surface area (Å²) in [5.41, 5.74) is 7.10. The van der Waals surface area contributed by atoms with Crippen LogP contribution >= 0.6 is 24.0 Å². The Labute approximate surface area is 169 Å². The first-order chi connectivity index (χ1) is 11.6. The summed E-state index contributed by atoms with van der Waals surface area (Å²) in [4.78, 5) is 6.76. The highest BCUT2D eigenvalue weighted by Gasteiger charge is 2.10. The van der Waals surface area contributed by atoms with E-state index in [1.54, 1.807) is 0 Å². The van der Waals surface area contributed by atoms with Crippen LogP contribution < -0.4 is 15.8 Å². The molecule has 0 radical (unpaired) electrons. The first kappa shape index (κ1) is 22.0. The van der Waals surface area contributed by atoms with Gasteiger partial charge in [-0.25, -0.2) is 0 Å². The molecule has 1 saturated heterocycles. The van der Waals surface area contributed by atoms with Crippen LogP contribution in [0, 0.1) is 5.92 Å². The van der Waals surface area contributed by atoms with Crippen molar-refractivity contribution in [3.63, 3.8) is 0 Å². The van der Waals surface area contributed by atoms with E-state index in [-0.39, 0.29) is 24.0 Å². The zero-order valence-electron chi connectivity index (χ0n) is 15.5. The van der Waals surface area contributed by atoms with Crippen molar-refractivity contribution in [2.45, 2.75) is 33.1 Å². The summed E-state index contributed by atoms with van der Waals surface area (Å²) in [6.45, 7) is 10.1. The van der Waals surface area contributed by atoms with Gasteiger partial charge in [-0.05, 0) is 56.0 Å². The molecule has 0 bridgehead atoms. The summed E-state index contributed by atoms with van der Waals surface area (Å²) in [7, 11) is 0. The van der Waals surface area contributed by atoms with Gasteiger partial charge in [-0.1, -0.05) is 26.0 Å². The Bertz CT molecular complexity index is 499. The fourth-order valence-electron chi connectivity index (χ4n) is 2.72. The first-order valence-electron chi connectivity index (χ1n) is 9.11. The van der Waals surface area contributed by atoms with Crippen LogP contribution in [-0.2, 0) is 6.42 Å². The lowest BCUT2D eigenvalue weighted by molar-refractivity contribution is 0.238. The average molecular weight is 460 g/mol. The van der Waals surface area contributed by atoms with Crippen molar-refractivity contribution in [2.24, 2.45) is 16.6 Å². The van der Waals surface area contributed by atoms with Gasteiger partial charge in [0.1, 0.15) is 12.4 Å². The lowest BCUT2D eigenvalue weighted by Crippen LogP contribution is -2.33. The van der Waals surface area contributed by atoms with Crippen LogP contribution in [0.3, 0.4) is 0 Å². The Kier molecular flexibility index (Phi) is 10.9. The standard InChI is InChI=1S/C19H32N4O.HI/c1-16(2)15-22-19(20)21-10-9-17-5-7-18(8-6-17)24-14-13-23-11-3-4-12-23;/h5-8,16H,3-4,9-15H2,1-2H3,(H3,20,21,22);1H. The van der Waals surface area contributed by atoms with Crippen LogP contribution in [0.25, 0.3) is 0 Å². The van der Waals surface area contributed by atoms with E-state index < -0.39 is 0 Å². The molecule has 1 aliphatic heterocycles. The predicted octanol–water partition coefficient (Wildman–Crippen LogP) is 2.88. The van der Waals surface area contributed by atoms with Crippen molar-refractivity contribution in [1.82, 2.24) is 10.2 Å². The van der Waals surface area contributed by atoms with Gasteiger partial charge in [-0.3, -0.25) is 9.89 Å². The van der Waals surface area contributed by atoms with Gasteiger partial charge < -0.3 is 15.8 Å². The molecule has 142 valence electrons. The smallest absolute Gasteiger partial charge is 0.188 e. The normalized spacial score (nSPS) is 15.2. The van der Waals surface area contributed by atoms with Crippen LogP contribution in [0.2, 0.25) is 0 Å². The van der Waals surface area contributed by atoms with Crippen molar-refractivity contribution in [3.8, 4) is 5.75 Å². The molecule has 0 aromatic heterocycles. The molecule has 0 amide bonds. The average Bonchev–Trinajstić information content (AvgIpc) is 3.08. The van der Waals surface area contributed by atoms with Gasteiger partial charge in [-0.15, -0.1) is 24.0 Å². The number of hydrogen-bond donors (Lipinski definition) is 2. The van der Waals surface area contributed by atoms with E-state index in [1.165, 1.54) is 31.5 Å². The number of hydrogen-bond acceptors (Lipinski definition) is 3. The Morgan fingerprint density at radius 1 is 1.24 bits per heavy atom. The van der Waals surface area contributed by atoms with E-state index in [1.807, 2.05) is 0 Å². The van der Waals surface area contributed by atoms with E-state index in [9.17, 15) is 0 Å². The van der Waals surface area contributed by atoms with Gasteiger partial charge in [0.25, 0.3) is 0 Å². The number of guanidine groups is 1. The molecule has 6 heteroatoms. The van der Waals surface area contributed by atoms with Crippen LogP contribution in [0.15, 0.2) is 29.3 Å². The Morgan fingerprint density at radius 3 is 2.56 bits per heavy atom. The second-order valence-electron chi connectivity index (χ2n) is 6.84. The third kappa shape index (κ3) is 9.30. The van der Waals surface area contributed by atoms with Gasteiger partial charge >= 0.3 is 0 Å². The molecule has 1 fully saturated rings. The topological polar surface area (TPSA) is 62.9 Å². The van der Waals surface area contributed by atoms with Gasteiger partial charge in [0, 0.05) is 19.6 Å². The number of nitrogens with one attached hydrogen (secondary N) is 1. The summed E-state index contributed by atoms with van der Waals surface area (Å²) < 4.78 is 5.82. The fourth-order valence-corrected chi connectivity index (χ4v) is 2.72. The van der Waals surface area contributed by atoms with Crippen LogP contribution in [0.1, 0.15) is 32.3 Å². The molecule has 1 aromatic carbocycles. The Morgan fingerprint density at radius 2 is 1.92 bits per heavy atom. The van der Waals surface area contributed by atoms with Gasteiger partial charge in [0.2, 0.25) is 0 Å². The van der Waals surface area contributed by atoms with E-state index in [4.69, 9.17) is 10.5 Å². The molecular formula is C19H33IN4O. The molecule has 2 rings (SSSR count). The molecule has 1 aliphatic rings. The van der Waals surface area contributed by atoms with E-state index >= 15 is 0 Å². The lowest BCUT2D eigenvalue weighted by atomic mass is 10.1. The van der Waals surface area contributed by atoms with Crippen molar-refractivity contribution >= 4 is 29.9 Å². The molecule has 25 heavy (non-hydrogen) atoms. The van der Waals surface area contributed by atoms with E-state index in [0.717, 1.165) is 38.4 Å². The minimum Gasteiger partial charge on any atom is -0.492 e. The minimum atomic E-state index is 0. The number of aliphatic imine (C=N–C) groups is 1. The van der Waals surface area contributed by atoms with Gasteiger partial charge in [0.05, 0.1) is 0 Å². The highest BCUT2D eigenvalue weighted by molar-refractivity contribution is 14.0. The van der Waals surface area contributed by atoms with Crippen LogP contribution in [-0.4, -0.2) is 50.2 Å². The first-order valence-corrected chi connectivity index (χ1v) is 9.11. The summed E-state index contributed by atoms with van der Waals surface area (Å²) in [5, 5.41) is 3.16. The van der Waals surface area contributed by atoms with E-state index in [2.05, 4.69) is 53.3 Å². The SMILES string of the molecule is CC(C)CN=C(N)NCCc1ccc(OCCN2CCCC2)cc1.I. The maximum Gasteiger partial charge on any atom is 0.188 e. The number of halogens is 1. The molecule has 3 N–H and O–H groups in total. The van der Waals surface area contributed by atoms with Crippen LogP contribution in [0.5, 0.6) is 5.75 Å². The predicted molar refractivity (Wildman–Crippen MR) is 116 cm³/mol. The number of rotatable bonds is 9. The molecule has 5 nitrogen and oxygen atoms in total. The molecule has 1 aromatic rings. The van der Waals surface area contributed by atoms with Gasteiger partial charge in [0.15, 0.2) is 5.96 Å². The number of ether oxygens (including phenoxy) is 1. The van der Waals surface area contributed by atoms with Crippen molar-refractivity contribution in [1.29, 1.82) is 0 Å². The highest BCUT2D eigenvalue weighted by Crippen LogP contribution is 2.13. The third-order valence-corrected chi connectivity index (χ3v) is 4.14. The maximum atomic E-state index is 5.83. The number of benzene rings is 1. The Balaban J connectivity index is 0.00000312. The largest absolute Gasteiger partial charge is 0.492 e. The number of nitrogens with zero attached hydrogens (tertiary/aromatic N) is 2. The summed E-state index contributed by atoms with van der Waals surface area (Å²) in [5.74, 6) is 2.01. The lowest BCUT2D eigenvalue weighted by Gasteiger charge is -2.15. The number of likely N-dealkylation sites (tertiary alicyclic amines) is 1. The molecule has 0 aliphatic carbocycles. The maximum absolute atomic E-state index is 5.83. The third-order valence-electron chi connectivity index (χ3n) is 4.14. The molecule has 1 heterocycles. The van der Waals surface area contributed by atoms with Crippen molar-refractivity contribution < 1.29 is 4.74 Å². The molecule has 0 unspecified atom stereocenters. The quantitative estimate of drug-likeness (QED) is 0.338. The van der Waals surface area contributed by atoms with Crippen LogP contribution in [0.4, 0.5) is 0 Å². The second-order valence-corrected chi connectivity index (χ2v) is 6.84. The zero-order chi connectivity index (χ0) is 17.2.